The molecule has 0 aliphatic rings. The quantitative estimate of drug-likeness (QED) is 0.158. The highest BCUT2D eigenvalue weighted by atomic mass is 19.1. The predicted molar refractivity (Wildman–Crippen MR) is 383 cm³/mol. The molecule has 0 aliphatic carbocycles. The summed E-state index contributed by atoms with van der Waals surface area (Å²) in [6.07, 6.45) is 21.9. The molecular weight excluding hydrogens is 1120 g/mol. The largest absolute Gasteiger partial charge is 0.265 e. The molecule has 0 saturated heterocycles. The minimum absolute atomic E-state index is 0.194. The van der Waals surface area contributed by atoms with E-state index in [0.29, 0.717) is 0 Å². The Labute approximate surface area is 543 Å². The standard InChI is InChI=1S/C13H11F.6C12H11N/c1-10-2-4-11(5-3-10)12-6-8-13(14)9-7-12;1-10-2-4-11(5-3-10)12-6-8-13-9-7-12;2*1-10-4-6-11(7-5-10)12-3-2-8-13-9-12;1-10-5-2-3-7-12(10)11-6-4-8-13-9-11;1-10-3-2-4-12(9-10)11-5-7-13-8-6-11;1-10-4-2-3-5-12(10)11-6-8-13-9-7-11/h2-9H,1H3;6*2-9H,1H3. The van der Waals surface area contributed by atoms with Crippen LogP contribution in [-0.2, 0) is 0 Å². The second kappa shape index (κ2) is 36.2. The van der Waals surface area contributed by atoms with Crippen molar-refractivity contribution in [3.05, 3.63) is 386 Å². The summed E-state index contributed by atoms with van der Waals surface area (Å²) in [6, 6.07) is 89.6. The van der Waals surface area contributed by atoms with E-state index in [-0.39, 0.29) is 5.82 Å². The number of pyridine rings is 6. The molecule has 8 aromatic carbocycles. The average Bonchev–Trinajstić information content (AvgIpc) is 3.28. The molecule has 0 atom stereocenters. The van der Waals surface area contributed by atoms with Crippen molar-refractivity contribution in [3.63, 3.8) is 0 Å². The summed E-state index contributed by atoms with van der Waals surface area (Å²) in [6.45, 7) is 14.7. The van der Waals surface area contributed by atoms with Gasteiger partial charge in [0.25, 0.3) is 0 Å². The maximum Gasteiger partial charge on any atom is 0.123 e. The van der Waals surface area contributed by atoms with Crippen LogP contribution in [0.4, 0.5) is 4.39 Å². The van der Waals surface area contributed by atoms with Crippen LogP contribution in [0.2, 0.25) is 0 Å². The Kier molecular flexibility index (Phi) is 26.2. The fraction of sp³-hybridized carbons (Fsp3) is 0.0824. The molecule has 0 bridgehead atoms. The number of halogens is 1. The summed E-state index contributed by atoms with van der Waals surface area (Å²) in [5.74, 6) is -0.194. The monoisotopic (exact) mass is 1200 g/mol. The van der Waals surface area contributed by atoms with Crippen LogP contribution in [0.1, 0.15) is 38.9 Å². The molecule has 0 saturated carbocycles. The van der Waals surface area contributed by atoms with Gasteiger partial charge < -0.3 is 0 Å². The van der Waals surface area contributed by atoms with Gasteiger partial charge in [-0.05, 0) is 199 Å². The normalized spacial score (nSPS) is 9.96. The van der Waals surface area contributed by atoms with Gasteiger partial charge in [0, 0.05) is 79.9 Å². The number of aryl methyl sites for hydroxylation is 7. The van der Waals surface area contributed by atoms with E-state index >= 15 is 0 Å². The van der Waals surface area contributed by atoms with Gasteiger partial charge in [-0.3, -0.25) is 29.9 Å². The van der Waals surface area contributed by atoms with Crippen molar-refractivity contribution in [2.75, 3.05) is 0 Å². The Morgan fingerprint density at radius 1 is 0.196 bits per heavy atom. The fourth-order valence-electron chi connectivity index (χ4n) is 9.45. The van der Waals surface area contributed by atoms with E-state index in [1.165, 1.54) is 118 Å². The maximum absolute atomic E-state index is 12.7. The lowest BCUT2D eigenvalue weighted by Gasteiger charge is -2.03. The number of benzene rings is 8. The second-order valence-electron chi connectivity index (χ2n) is 21.9. The van der Waals surface area contributed by atoms with Gasteiger partial charge in [-0.1, -0.05) is 228 Å². The van der Waals surface area contributed by atoms with Gasteiger partial charge in [0.1, 0.15) is 5.82 Å². The van der Waals surface area contributed by atoms with Gasteiger partial charge >= 0.3 is 0 Å². The van der Waals surface area contributed by atoms with E-state index in [4.69, 9.17) is 0 Å². The van der Waals surface area contributed by atoms with Crippen molar-refractivity contribution >= 4 is 0 Å². The third kappa shape index (κ3) is 22.0. The van der Waals surface area contributed by atoms with E-state index in [1.807, 2.05) is 123 Å². The van der Waals surface area contributed by atoms with Crippen molar-refractivity contribution < 1.29 is 4.39 Å². The summed E-state index contributed by atoms with van der Waals surface area (Å²) in [5, 5.41) is 0. The van der Waals surface area contributed by atoms with Crippen LogP contribution in [0, 0.1) is 54.3 Å². The highest BCUT2D eigenvalue weighted by Gasteiger charge is 2.03. The molecule has 0 spiro atoms. The third-order valence-electron chi connectivity index (χ3n) is 14.7. The molecule has 0 aliphatic heterocycles. The molecule has 0 N–H and O–H groups in total. The van der Waals surface area contributed by atoms with Gasteiger partial charge in [-0.25, -0.2) is 4.39 Å². The molecule has 0 unspecified atom stereocenters. The molecular formula is C85H77FN6. The van der Waals surface area contributed by atoms with Gasteiger partial charge in [-0.2, -0.15) is 0 Å². The number of nitrogens with zero attached hydrogens (tertiary/aromatic N) is 6. The van der Waals surface area contributed by atoms with Crippen molar-refractivity contribution in [1.82, 2.24) is 29.9 Å². The Morgan fingerprint density at radius 3 is 0.837 bits per heavy atom. The van der Waals surface area contributed by atoms with Gasteiger partial charge in [0.15, 0.2) is 0 Å². The van der Waals surface area contributed by atoms with E-state index in [1.54, 1.807) is 30.7 Å². The zero-order valence-corrected chi connectivity index (χ0v) is 53.4. The van der Waals surface area contributed by atoms with Gasteiger partial charge in [-0.15, -0.1) is 0 Å². The molecule has 14 aromatic rings. The maximum atomic E-state index is 12.7. The smallest absolute Gasteiger partial charge is 0.123 e. The first-order valence-electron chi connectivity index (χ1n) is 30.6. The minimum atomic E-state index is -0.194. The van der Waals surface area contributed by atoms with Crippen LogP contribution >= 0.6 is 0 Å². The molecule has 0 amide bonds. The van der Waals surface area contributed by atoms with Crippen molar-refractivity contribution in [1.29, 1.82) is 0 Å². The lowest BCUT2D eigenvalue weighted by atomic mass is 10.0. The second-order valence-corrected chi connectivity index (χ2v) is 21.9. The van der Waals surface area contributed by atoms with Crippen LogP contribution in [-0.4, -0.2) is 29.9 Å². The van der Waals surface area contributed by atoms with E-state index < -0.39 is 0 Å². The van der Waals surface area contributed by atoms with E-state index in [2.05, 4.69) is 254 Å². The van der Waals surface area contributed by atoms with Crippen LogP contribution < -0.4 is 0 Å². The van der Waals surface area contributed by atoms with Crippen molar-refractivity contribution in [2.24, 2.45) is 0 Å². The summed E-state index contributed by atoms with van der Waals surface area (Å²) < 4.78 is 12.7. The van der Waals surface area contributed by atoms with Crippen LogP contribution in [0.25, 0.3) is 77.9 Å². The van der Waals surface area contributed by atoms with Crippen LogP contribution in [0.15, 0.2) is 341 Å². The topological polar surface area (TPSA) is 77.3 Å². The molecule has 7 heteroatoms. The molecule has 0 fully saturated rings. The van der Waals surface area contributed by atoms with E-state index in [0.717, 1.165) is 11.1 Å². The third-order valence-corrected chi connectivity index (χ3v) is 14.7. The van der Waals surface area contributed by atoms with Crippen LogP contribution in [0.3, 0.4) is 0 Å². The van der Waals surface area contributed by atoms with Gasteiger partial charge in [0.2, 0.25) is 0 Å². The van der Waals surface area contributed by atoms with Gasteiger partial charge in [0.05, 0.1) is 0 Å². The first-order chi connectivity index (χ1) is 44.9. The molecule has 6 aromatic heterocycles. The molecule has 92 heavy (non-hydrogen) atoms. The average molecular weight is 1200 g/mol. The number of rotatable bonds is 7. The molecule has 6 heterocycles. The molecule has 454 valence electrons. The molecule has 6 nitrogen and oxygen atoms in total. The first-order valence-corrected chi connectivity index (χ1v) is 30.6. The Hall–Kier alpha value is -11.4. The number of hydrogen-bond donors (Lipinski definition) is 0. The molecule has 14 rings (SSSR count). The number of aromatic nitrogens is 6. The van der Waals surface area contributed by atoms with Crippen molar-refractivity contribution in [2.45, 2.75) is 48.5 Å². The lowest BCUT2D eigenvalue weighted by molar-refractivity contribution is 0.628. The van der Waals surface area contributed by atoms with Crippen LogP contribution in [0.5, 0.6) is 0 Å². The first kappa shape index (κ1) is 66.5. The SMILES string of the molecule is Cc1ccc(-c2ccc(F)cc2)cc1.Cc1ccc(-c2cccnc2)cc1.Cc1ccc(-c2cccnc2)cc1.Cc1ccc(-c2ccncc2)cc1.Cc1cccc(-c2ccncc2)c1.Cc1ccccc1-c1cccnc1.Cc1ccccc1-c1ccncc1. The highest BCUT2D eigenvalue weighted by molar-refractivity contribution is 5.69. The summed E-state index contributed by atoms with van der Waals surface area (Å²) in [4.78, 5) is 24.3. The Bertz CT molecular complexity index is 4010. The zero-order chi connectivity index (χ0) is 64.5. The van der Waals surface area contributed by atoms with E-state index in [9.17, 15) is 4.39 Å². The minimum Gasteiger partial charge on any atom is -0.265 e. The summed E-state index contributed by atoms with van der Waals surface area (Å²) in [5.41, 5.74) is 25.8. The summed E-state index contributed by atoms with van der Waals surface area (Å²) in [7, 11) is 0. The number of hydrogen-bond acceptors (Lipinski definition) is 6. The lowest BCUT2D eigenvalue weighted by Crippen LogP contribution is -1.82. The highest BCUT2D eigenvalue weighted by Crippen LogP contribution is 2.25. The Morgan fingerprint density at radius 2 is 0.489 bits per heavy atom. The predicted octanol–water partition coefficient (Wildman–Crippen LogP) is 22.1. The van der Waals surface area contributed by atoms with Crippen molar-refractivity contribution in [3.8, 4) is 77.9 Å². The summed E-state index contributed by atoms with van der Waals surface area (Å²) >= 11 is 0. The fourth-order valence-corrected chi connectivity index (χ4v) is 9.45. The Balaban J connectivity index is 0.000000138. The molecule has 0 radical (unpaired) electrons. The zero-order valence-electron chi connectivity index (χ0n) is 53.4.